The molecule has 0 unspecified atom stereocenters. The molecule has 2 amide bonds. The van der Waals surface area contributed by atoms with Crippen LogP contribution in [0.5, 0.6) is 0 Å². The van der Waals surface area contributed by atoms with E-state index >= 15 is 0 Å². The number of carbonyl (C=O) groups excluding carboxylic acids is 1. The molecule has 1 aromatic carbocycles. The minimum atomic E-state index is -0.0479. The highest BCUT2D eigenvalue weighted by Crippen LogP contribution is 2.38. The second-order valence-electron chi connectivity index (χ2n) is 6.36. The minimum absolute atomic E-state index is 0.0479. The van der Waals surface area contributed by atoms with Crippen molar-refractivity contribution >= 4 is 11.6 Å². The molecular formula is C18H20N4O2. The van der Waals surface area contributed by atoms with E-state index in [-0.39, 0.29) is 18.1 Å². The molecule has 6 heteroatoms. The van der Waals surface area contributed by atoms with E-state index in [0.717, 1.165) is 19.3 Å². The molecule has 4 rings (SSSR count). The van der Waals surface area contributed by atoms with Crippen LogP contribution in [0.2, 0.25) is 0 Å². The number of nitrogens with one attached hydrogen (secondary N) is 1. The Morgan fingerprint density at radius 2 is 2.17 bits per heavy atom. The molecule has 2 aliphatic rings. The van der Waals surface area contributed by atoms with Crippen molar-refractivity contribution in [3.8, 4) is 0 Å². The van der Waals surface area contributed by atoms with E-state index in [1.54, 1.807) is 6.92 Å². The Bertz CT molecular complexity index is 768. The van der Waals surface area contributed by atoms with Gasteiger partial charge in [-0.3, -0.25) is 0 Å². The smallest absolute Gasteiger partial charge is 0.318 e. The van der Waals surface area contributed by atoms with E-state index in [1.165, 1.54) is 11.1 Å². The number of aromatic nitrogens is 2. The fourth-order valence-electron chi connectivity index (χ4n) is 3.67. The minimum Gasteiger partial charge on any atom is -0.340 e. The van der Waals surface area contributed by atoms with Gasteiger partial charge in [0.1, 0.15) is 0 Å². The Balaban J connectivity index is 1.45. The van der Waals surface area contributed by atoms with E-state index in [9.17, 15) is 4.79 Å². The van der Waals surface area contributed by atoms with Gasteiger partial charge in [-0.25, -0.2) is 4.79 Å². The highest BCUT2D eigenvalue weighted by Gasteiger charge is 2.39. The maximum Gasteiger partial charge on any atom is 0.318 e. The zero-order chi connectivity index (χ0) is 16.5. The van der Waals surface area contributed by atoms with Gasteiger partial charge in [0, 0.05) is 13.0 Å². The lowest BCUT2D eigenvalue weighted by molar-refractivity contribution is 0.179. The molecule has 3 heterocycles. The van der Waals surface area contributed by atoms with Gasteiger partial charge in [0.15, 0.2) is 5.82 Å². The van der Waals surface area contributed by atoms with Crippen LogP contribution >= 0.6 is 0 Å². The molecule has 1 fully saturated rings. The lowest BCUT2D eigenvalue weighted by atomic mass is 9.95. The first kappa shape index (κ1) is 14.9. The Kier molecular flexibility index (Phi) is 3.80. The van der Waals surface area contributed by atoms with Crippen LogP contribution in [-0.2, 0) is 6.54 Å². The number of urea groups is 1. The van der Waals surface area contributed by atoms with E-state index in [2.05, 4.69) is 45.8 Å². The van der Waals surface area contributed by atoms with Crippen LogP contribution in [0, 0.1) is 6.92 Å². The average Bonchev–Trinajstić information content (AvgIpc) is 3.14. The molecule has 0 aliphatic carbocycles. The second-order valence-corrected chi connectivity index (χ2v) is 6.36. The van der Waals surface area contributed by atoms with Crippen LogP contribution in [-0.4, -0.2) is 33.2 Å². The normalized spacial score (nSPS) is 22.4. The molecule has 1 aromatic heterocycles. The topological polar surface area (TPSA) is 71.3 Å². The number of hydrogen-bond acceptors (Lipinski definition) is 4. The standard InChI is InChI=1S/C18H20N4O2/c1-12-20-17(21-24-12)11-19-18(23)22-15-7-8-16(22)10-14(9-15)13-5-3-2-4-6-13/h2-6,9,15-16H,7-8,10-11H2,1H3,(H,19,23)/t15-,16-/m1/s1. The first-order chi connectivity index (χ1) is 11.7. The number of nitrogens with zero attached hydrogens (tertiary/aromatic N) is 3. The van der Waals surface area contributed by atoms with Crippen molar-refractivity contribution in [2.24, 2.45) is 0 Å². The van der Waals surface area contributed by atoms with Gasteiger partial charge in [0.05, 0.1) is 12.6 Å². The molecule has 2 aliphatic heterocycles. The van der Waals surface area contributed by atoms with Gasteiger partial charge >= 0.3 is 6.03 Å². The molecule has 2 aromatic rings. The quantitative estimate of drug-likeness (QED) is 0.942. The molecule has 6 nitrogen and oxygen atoms in total. The lowest BCUT2D eigenvalue weighted by Crippen LogP contribution is -2.48. The predicted molar refractivity (Wildman–Crippen MR) is 89.0 cm³/mol. The number of carbonyl (C=O) groups is 1. The molecular weight excluding hydrogens is 304 g/mol. The average molecular weight is 324 g/mol. The number of hydrogen-bond donors (Lipinski definition) is 1. The van der Waals surface area contributed by atoms with Crippen LogP contribution in [0.3, 0.4) is 0 Å². The Morgan fingerprint density at radius 3 is 2.88 bits per heavy atom. The Hall–Kier alpha value is -2.63. The summed E-state index contributed by atoms with van der Waals surface area (Å²) in [4.78, 5) is 18.7. The SMILES string of the molecule is Cc1nc(CNC(=O)N2[C@@H]3CC[C@@H]2C=C(c2ccccc2)C3)no1. The molecule has 0 radical (unpaired) electrons. The Labute approximate surface area is 140 Å². The molecule has 24 heavy (non-hydrogen) atoms. The van der Waals surface area contributed by atoms with Gasteiger partial charge in [-0.1, -0.05) is 41.6 Å². The fraction of sp³-hybridized carbons (Fsp3) is 0.389. The third-order valence-electron chi connectivity index (χ3n) is 4.74. The van der Waals surface area contributed by atoms with E-state index in [0.29, 0.717) is 18.3 Å². The summed E-state index contributed by atoms with van der Waals surface area (Å²) in [5.74, 6) is 1.01. The van der Waals surface area contributed by atoms with Gasteiger partial charge in [-0.15, -0.1) is 0 Å². The number of rotatable bonds is 3. The molecule has 2 atom stereocenters. The van der Waals surface area contributed by atoms with Crippen molar-refractivity contribution in [3.05, 3.63) is 53.7 Å². The summed E-state index contributed by atoms with van der Waals surface area (Å²) >= 11 is 0. The first-order valence-electron chi connectivity index (χ1n) is 8.32. The third kappa shape index (κ3) is 2.79. The molecule has 0 saturated carbocycles. The van der Waals surface area contributed by atoms with Crippen molar-refractivity contribution < 1.29 is 9.32 Å². The largest absolute Gasteiger partial charge is 0.340 e. The zero-order valence-corrected chi connectivity index (χ0v) is 13.6. The maximum absolute atomic E-state index is 12.6. The van der Waals surface area contributed by atoms with Gasteiger partial charge in [0.25, 0.3) is 0 Å². The summed E-state index contributed by atoms with van der Waals surface area (Å²) in [5, 5.41) is 6.72. The van der Waals surface area contributed by atoms with Gasteiger partial charge in [-0.2, -0.15) is 4.98 Å². The van der Waals surface area contributed by atoms with Crippen LogP contribution in [0.1, 0.15) is 36.5 Å². The summed E-state index contributed by atoms with van der Waals surface area (Å²) in [6.07, 6.45) is 5.23. The van der Waals surface area contributed by atoms with Crippen molar-refractivity contribution in [3.63, 3.8) is 0 Å². The molecule has 1 N–H and O–H groups in total. The van der Waals surface area contributed by atoms with Crippen LogP contribution in [0.4, 0.5) is 4.79 Å². The molecule has 124 valence electrons. The van der Waals surface area contributed by atoms with Gasteiger partial charge < -0.3 is 14.7 Å². The fourth-order valence-corrected chi connectivity index (χ4v) is 3.67. The van der Waals surface area contributed by atoms with Crippen molar-refractivity contribution in [2.75, 3.05) is 0 Å². The molecule has 1 saturated heterocycles. The number of aryl methyl sites for hydroxylation is 1. The van der Waals surface area contributed by atoms with Crippen molar-refractivity contribution in [1.82, 2.24) is 20.4 Å². The summed E-state index contributed by atoms with van der Waals surface area (Å²) in [5.41, 5.74) is 2.61. The third-order valence-corrected chi connectivity index (χ3v) is 4.74. The molecule has 2 bridgehead atoms. The summed E-state index contributed by atoms with van der Waals surface area (Å²) in [6.45, 7) is 2.03. The Morgan fingerprint density at radius 1 is 1.33 bits per heavy atom. The zero-order valence-electron chi connectivity index (χ0n) is 13.6. The van der Waals surface area contributed by atoms with Crippen molar-refractivity contribution in [1.29, 1.82) is 0 Å². The van der Waals surface area contributed by atoms with E-state index in [1.807, 2.05) is 11.0 Å². The summed E-state index contributed by atoms with van der Waals surface area (Å²) < 4.78 is 4.92. The predicted octanol–water partition coefficient (Wildman–Crippen LogP) is 2.91. The number of benzene rings is 1. The number of amides is 2. The first-order valence-corrected chi connectivity index (χ1v) is 8.32. The maximum atomic E-state index is 12.6. The van der Waals surface area contributed by atoms with Gasteiger partial charge in [0.2, 0.25) is 5.89 Å². The van der Waals surface area contributed by atoms with E-state index < -0.39 is 0 Å². The van der Waals surface area contributed by atoms with Crippen LogP contribution in [0.15, 0.2) is 40.9 Å². The highest BCUT2D eigenvalue weighted by atomic mass is 16.5. The molecule has 0 spiro atoms. The number of fused-ring (bicyclic) bond motifs is 2. The second kappa shape index (κ2) is 6.11. The summed E-state index contributed by atoms with van der Waals surface area (Å²) in [7, 11) is 0. The van der Waals surface area contributed by atoms with Crippen molar-refractivity contribution in [2.45, 2.75) is 44.8 Å². The summed E-state index contributed by atoms with van der Waals surface area (Å²) in [6, 6.07) is 10.8. The highest BCUT2D eigenvalue weighted by molar-refractivity contribution is 5.78. The monoisotopic (exact) mass is 324 g/mol. The van der Waals surface area contributed by atoms with Crippen LogP contribution in [0.25, 0.3) is 5.57 Å². The van der Waals surface area contributed by atoms with Crippen LogP contribution < -0.4 is 5.32 Å². The van der Waals surface area contributed by atoms with Gasteiger partial charge in [-0.05, 0) is 30.4 Å². The lowest BCUT2D eigenvalue weighted by Gasteiger charge is -2.34. The van der Waals surface area contributed by atoms with E-state index in [4.69, 9.17) is 4.52 Å².